The third-order valence-electron chi connectivity index (χ3n) is 4.67. The Labute approximate surface area is 148 Å². The molecule has 6 heteroatoms. The van der Waals surface area contributed by atoms with Crippen LogP contribution in [0.4, 0.5) is 0 Å². The van der Waals surface area contributed by atoms with Gasteiger partial charge in [-0.2, -0.15) is 11.8 Å². The molecule has 0 spiro atoms. The summed E-state index contributed by atoms with van der Waals surface area (Å²) in [6.45, 7) is 4.31. The Hall–Kier alpha value is -1.27. The number of aromatic nitrogens is 1. The molecule has 1 aromatic heterocycles. The van der Waals surface area contributed by atoms with Crippen molar-refractivity contribution in [3.05, 3.63) is 24.5 Å². The van der Waals surface area contributed by atoms with E-state index in [9.17, 15) is 4.79 Å². The molecule has 1 atom stereocenters. The lowest BCUT2D eigenvalue weighted by molar-refractivity contribution is -0.135. The molecule has 2 fully saturated rings. The zero-order valence-corrected chi connectivity index (χ0v) is 15.0. The van der Waals surface area contributed by atoms with Gasteiger partial charge in [0, 0.05) is 25.0 Å². The van der Waals surface area contributed by atoms with Crippen LogP contribution >= 0.6 is 11.8 Å². The highest BCUT2D eigenvalue weighted by Crippen LogP contribution is 2.19. The maximum absolute atomic E-state index is 12.7. The van der Waals surface area contributed by atoms with Crippen molar-refractivity contribution < 1.29 is 9.53 Å². The van der Waals surface area contributed by atoms with Crippen molar-refractivity contribution in [1.29, 1.82) is 0 Å². The Balaban J connectivity index is 1.57. The van der Waals surface area contributed by atoms with Gasteiger partial charge in [0.1, 0.15) is 5.75 Å². The molecular formula is C18H27N3O2S. The topological polar surface area (TPSA) is 45.7 Å². The molecule has 1 aromatic rings. The van der Waals surface area contributed by atoms with E-state index in [4.69, 9.17) is 4.74 Å². The lowest BCUT2D eigenvalue weighted by atomic mass is 10.1. The summed E-state index contributed by atoms with van der Waals surface area (Å²) in [5.74, 6) is 2.93. The minimum atomic E-state index is 0.100. The highest BCUT2D eigenvalue weighted by molar-refractivity contribution is 7.99. The summed E-state index contributed by atoms with van der Waals surface area (Å²) in [7, 11) is 0. The summed E-state index contributed by atoms with van der Waals surface area (Å²) in [6, 6.07) is 3.96. The van der Waals surface area contributed by atoms with Gasteiger partial charge in [0.2, 0.25) is 0 Å². The standard InChI is InChI=1S/C18H27N3O2S/c22-18(14-23-17-6-4-7-19-12-17)21-10-5-11-24-15-16(21)13-20-8-2-1-3-9-20/h4,6-7,12,16H,1-3,5,8-11,13-15H2. The first-order chi connectivity index (χ1) is 11.8. The van der Waals surface area contributed by atoms with Gasteiger partial charge < -0.3 is 14.5 Å². The van der Waals surface area contributed by atoms with Gasteiger partial charge in [0.05, 0.1) is 12.2 Å². The fraction of sp³-hybridized carbons (Fsp3) is 0.667. The number of nitrogens with zero attached hydrogens (tertiary/aromatic N) is 3. The highest BCUT2D eigenvalue weighted by atomic mass is 32.2. The lowest BCUT2D eigenvalue weighted by Crippen LogP contribution is -2.50. The normalized spacial score (nSPS) is 22.8. The van der Waals surface area contributed by atoms with Crippen molar-refractivity contribution in [3.63, 3.8) is 0 Å². The first kappa shape index (κ1) is 17.5. The smallest absolute Gasteiger partial charge is 0.260 e. The van der Waals surface area contributed by atoms with Crippen LogP contribution < -0.4 is 4.74 Å². The maximum atomic E-state index is 12.7. The van der Waals surface area contributed by atoms with Crippen molar-refractivity contribution in [2.45, 2.75) is 31.7 Å². The van der Waals surface area contributed by atoms with Gasteiger partial charge in [0.25, 0.3) is 5.91 Å². The van der Waals surface area contributed by atoms with Crippen LogP contribution in [0, 0.1) is 0 Å². The zero-order chi connectivity index (χ0) is 16.6. The number of likely N-dealkylation sites (tertiary alicyclic amines) is 1. The first-order valence-electron chi connectivity index (χ1n) is 8.95. The highest BCUT2D eigenvalue weighted by Gasteiger charge is 2.28. The molecule has 0 aliphatic carbocycles. The molecule has 2 aliphatic rings. The van der Waals surface area contributed by atoms with Crippen molar-refractivity contribution in [1.82, 2.24) is 14.8 Å². The summed E-state index contributed by atoms with van der Waals surface area (Å²) in [5.41, 5.74) is 0. The predicted molar refractivity (Wildman–Crippen MR) is 97.5 cm³/mol. The van der Waals surface area contributed by atoms with E-state index < -0.39 is 0 Å². The van der Waals surface area contributed by atoms with Gasteiger partial charge in [-0.15, -0.1) is 0 Å². The predicted octanol–water partition coefficient (Wildman–Crippen LogP) is 2.28. The molecule has 0 radical (unpaired) electrons. The van der Waals surface area contributed by atoms with Crippen molar-refractivity contribution in [3.8, 4) is 5.75 Å². The quantitative estimate of drug-likeness (QED) is 0.816. The van der Waals surface area contributed by atoms with E-state index in [0.29, 0.717) is 11.8 Å². The number of ether oxygens (including phenoxy) is 1. The van der Waals surface area contributed by atoms with E-state index >= 15 is 0 Å². The van der Waals surface area contributed by atoms with E-state index in [-0.39, 0.29) is 12.5 Å². The average Bonchev–Trinajstić information content (AvgIpc) is 2.87. The fourth-order valence-electron chi connectivity index (χ4n) is 3.41. The zero-order valence-electron chi connectivity index (χ0n) is 14.2. The van der Waals surface area contributed by atoms with E-state index in [1.54, 1.807) is 12.4 Å². The molecule has 1 amide bonds. The number of piperidine rings is 1. The molecule has 0 saturated carbocycles. The molecule has 0 N–H and O–H groups in total. The molecule has 2 saturated heterocycles. The van der Waals surface area contributed by atoms with Crippen LogP contribution in [0.3, 0.4) is 0 Å². The Morgan fingerprint density at radius 2 is 2.12 bits per heavy atom. The minimum Gasteiger partial charge on any atom is -0.482 e. The molecule has 24 heavy (non-hydrogen) atoms. The molecule has 1 unspecified atom stereocenters. The van der Waals surface area contributed by atoms with Crippen LogP contribution in [-0.4, -0.2) is 71.0 Å². The summed E-state index contributed by atoms with van der Waals surface area (Å²) >= 11 is 1.98. The monoisotopic (exact) mass is 349 g/mol. The summed E-state index contributed by atoms with van der Waals surface area (Å²) in [4.78, 5) is 21.3. The van der Waals surface area contributed by atoms with Crippen LogP contribution in [0.1, 0.15) is 25.7 Å². The molecule has 5 nitrogen and oxygen atoms in total. The Morgan fingerprint density at radius 3 is 2.92 bits per heavy atom. The second kappa shape index (κ2) is 9.28. The van der Waals surface area contributed by atoms with Gasteiger partial charge in [-0.05, 0) is 50.2 Å². The number of amides is 1. The Morgan fingerprint density at radius 1 is 1.25 bits per heavy atom. The number of hydrogen-bond donors (Lipinski definition) is 0. The molecule has 3 rings (SSSR count). The van der Waals surface area contributed by atoms with Crippen molar-refractivity contribution in [2.24, 2.45) is 0 Å². The number of rotatable bonds is 5. The number of carbonyl (C=O) groups is 1. The minimum absolute atomic E-state index is 0.100. The largest absolute Gasteiger partial charge is 0.482 e. The van der Waals surface area contributed by atoms with Crippen LogP contribution in [0.5, 0.6) is 5.75 Å². The third-order valence-corrected chi connectivity index (χ3v) is 5.87. The van der Waals surface area contributed by atoms with Gasteiger partial charge in [0.15, 0.2) is 6.61 Å². The Bertz CT molecular complexity index is 508. The summed E-state index contributed by atoms with van der Waals surface area (Å²) in [5, 5.41) is 0. The molecule has 0 bridgehead atoms. The van der Waals surface area contributed by atoms with Gasteiger partial charge in [-0.25, -0.2) is 0 Å². The number of thioether (sulfide) groups is 1. The van der Waals surface area contributed by atoms with Gasteiger partial charge >= 0.3 is 0 Å². The summed E-state index contributed by atoms with van der Waals surface area (Å²) in [6.07, 6.45) is 8.35. The maximum Gasteiger partial charge on any atom is 0.260 e. The second-order valence-electron chi connectivity index (χ2n) is 6.51. The number of carbonyl (C=O) groups excluding carboxylic acids is 1. The molecule has 3 heterocycles. The van der Waals surface area contributed by atoms with Crippen LogP contribution in [-0.2, 0) is 4.79 Å². The summed E-state index contributed by atoms with van der Waals surface area (Å²) < 4.78 is 5.63. The van der Waals surface area contributed by atoms with Crippen LogP contribution in [0.25, 0.3) is 0 Å². The fourth-order valence-corrected chi connectivity index (χ4v) is 4.47. The van der Waals surface area contributed by atoms with E-state index in [2.05, 4.69) is 14.8 Å². The molecular weight excluding hydrogens is 322 g/mol. The average molecular weight is 350 g/mol. The molecule has 2 aliphatic heterocycles. The lowest BCUT2D eigenvalue weighted by Gasteiger charge is -2.35. The van der Waals surface area contributed by atoms with E-state index in [1.807, 2.05) is 23.9 Å². The third kappa shape index (κ3) is 5.11. The number of pyridine rings is 1. The van der Waals surface area contributed by atoms with E-state index in [0.717, 1.165) is 31.0 Å². The van der Waals surface area contributed by atoms with Crippen molar-refractivity contribution in [2.75, 3.05) is 44.3 Å². The SMILES string of the molecule is O=C(COc1cccnc1)N1CCCSCC1CN1CCCCC1. The first-order valence-corrected chi connectivity index (χ1v) is 10.1. The number of hydrogen-bond acceptors (Lipinski definition) is 5. The van der Waals surface area contributed by atoms with E-state index in [1.165, 1.54) is 32.4 Å². The molecule has 0 aromatic carbocycles. The van der Waals surface area contributed by atoms with Crippen LogP contribution in [0.15, 0.2) is 24.5 Å². The van der Waals surface area contributed by atoms with Gasteiger partial charge in [-0.1, -0.05) is 6.42 Å². The van der Waals surface area contributed by atoms with Crippen molar-refractivity contribution >= 4 is 17.7 Å². The van der Waals surface area contributed by atoms with Crippen LogP contribution in [0.2, 0.25) is 0 Å². The second-order valence-corrected chi connectivity index (χ2v) is 7.66. The van der Waals surface area contributed by atoms with Gasteiger partial charge in [-0.3, -0.25) is 9.78 Å². The molecule has 132 valence electrons. The Kier molecular flexibility index (Phi) is 6.78.